The van der Waals surface area contributed by atoms with Crippen LogP contribution >= 0.6 is 23.1 Å². The number of unbranched alkanes of at least 4 members (excludes halogenated alkanes) is 10. The Labute approximate surface area is 565 Å². The Balaban J connectivity index is -0.000000992. The molecule has 4 heterocycles. The molecule has 0 bridgehead atoms. The number of aryl methyl sites for hydroxylation is 4. The normalized spacial score (nSPS) is 14.7. The third-order valence-electron chi connectivity index (χ3n) is 13.7. The molecule has 2 aliphatic rings. The van der Waals surface area contributed by atoms with Crippen LogP contribution in [0.4, 0.5) is 0 Å². The highest BCUT2D eigenvalue weighted by Crippen LogP contribution is 2.31. The molecule has 1 aliphatic heterocycles. The Kier molecular flexibility index (Phi) is 56.8. The molecule has 0 spiro atoms. The van der Waals surface area contributed by atoms with Crippen LogP contribution < -0.4 is 0 Å². The van der Waals surface area contributed by atoms with Gasteiger partial charge in [0.15, 0.2) is 0 Å². The van der Waals surface area contributed by atoms with Gasteiger partial charge in [-0.2, -0.15) is 11.8 Å². The minimum atomic E-state index is -1.03. The zero-order chi connectivity index (χ0) is 71.7. The molecule has 1 saturated carbocycles. The monoisotopic (exact) mass is 1350 g/mol. The van der Waals surface area contributed by atoms with Crippen LogP contribution in [-0.4, -0.2) is 116 Å². The number of benzene rings is 1. The van der Waals surface area contributed by atoms with Crippen molar-refractivity contribution in [2.75, 3.05) is 11.5 Å². The SMILES string of the molecule is CC1CSCC(C(=O)O)C1.CCCC1CCC(C(=O)O)CC1.CCCCC/C=C/C(=O)O.CCCCCC#CC(=O)O.CCCCCCCC(=O)O.CCCc1ccc(C(=O)O)o1.CCCc1ccc(C(=O)O)s1.Cc1ccc(C(=O)O)cc1.Cc1ccnc(C(=O)O)c1. The van der Waals surface area contributed by atoms with Crippen LogP contribution in [0.25, 0.3) is 0 Å². The number of thiophene rings is 1. The van der Waals surface area contributed by atoms with Crippen molar-refractivity contribution < 1.29 is 93.5 Å². The lowest BCUT2D eigenvalue weighted by Crippen LogP contribution is -2.24. The molecule has 1 aliphatic carbocycles. The van der Waals surface area contributed by atoms with Crippen LogP contribution in [0.2, 0.25) is 0 Å². The number of aliphatic carboxylic acids is 5. The van der Waals surface area contributed by atoms with Gasteiger partial charge in [-0.15, -0.1) is 11.3 Å². The summed E-state index contributed by atoms with van der Waals surface area (Å²) in [6.07, 6.45) is 29.9. The summed E-state index contributed by atoms with van der Waals surface area (Å²) >= 11 is 3.12. The number of hydrogen-bond acceptors (Lipinski definition) is 13. The van der Waals surface area contributed by atoms with Gasteiger partial charge in [-0.1, -0.05) is 149 Å². The van der Waals surface area contributed by atoms with E-state index in [1.54, 1.807) is 60.3 Å². The molecule has 0 radical (unpaired) electrons. The second-order valence-electron chi connectivity index (χ2n) is 22.5. The van der Waals surface area contributed by atoms with Crippen molar-refractivity contribution in [3.05, 3.63) is 123 Å². The molecule has 2 unspecified atom stereocenters. The minimum absolute atomic E-state index is 0.0217. The number of aromatic nitrogens is 1. The summed E-state index contributed by atoms with van der Waals surface area (Å²) in [7, 11) is 0. The first-order chi connectivity index (χ1) is 44.6. The highest BCUT2D eigenvalue weighted by Gasteiger charge is 2.26. The Bertz CT molecular complexity index is 2770. The molecular formula is C72H107NO19S2. The molecule has 20 nitrogen and oxygen atoms in total. The molecule has 2 fully saturated rings. The number of thioether (sulfide) groups is 1. The van der Waals surface area contributed by atoms with Crippen LogP contribution in [0.3, 0.4) is 0 Å². The number of carboxylic acid groups (broad SMARTS) is 9. The zero-order valence-corrected chi connectivity index (χ0v) is 58.4. The minimum Gasteiger partial charge on any atom is -0.481 e. The summed E-state index contributed by atoms with van der Waals surface area (Å²) in [5.41, 5.74) is 2.42. The predicted molar refractivity (Wildman–Crippen MR) is 371 cm³/mol. The zero-order valence-electron chi connectivity index (χ0n) is 56.8. The third-order valence-corrected chi connectivity index (χ3v) is 16.2. The van der Waals surface area contributed by atoms with Gasteiger partial charge in [-0.3, -0.25) is 14.4 Å². The van der Waals surface area contributed by atoms with Crippen LogP contribution in [0.5, 0.6) is 0 Å². The Morgan fingerprint density at radius 3 is 1.63 bits per heavy atom. The summed E-state index contributed by atoms with van der Waals surface area (Å²) in [6, 6.07) is 16.8. The number of carbonyl (C=O) groups is 9. The van der Waals surface area contributed by atoms with Gasteiger partial charge in [0, 0.05) is 48.1 Å². The van der Waals surface area contributed by atoms with E-state index in [0.717, 1.165) is 142 Å². The smallest absolute Gasteiger partial charge is 0.381 e. The van der Waals surface area contributed by atoms with Gasteiger partial charge in [-0.05, 0) is 156 Å². The molecule has 4 aromatic rings. The lowest BCUT2D eigenvalue weighted by molar-refractivity contribution is -0.143. The Hall–Kier alpha value is -7.77. The Morgan fingerprint density at radius 1 is 0.585 bits per heavy atom. The second-order valence-corrected chi connectivity index (χ2v) is 24.7. The van der Waals surface area contributed by atoms with E-state index >= 15 is 0 Å². The summed E-state index contributed by atoms with van der Waals surface area (Å²) in [5, 5.41) is 75.9. The van der Waals surface area contributed by atoms with Gasteiger partial charge in [0.1, 0.15) is 16.3 Å². The number of hydrogen-bond donors (Lipinski definition) is 9. The van der Waals surface area contributed by atoms with Gasteiger partial charge < -0.3 is 50.4 Å². The van der Waals surface area contributed by atoms with Crippen molar-refractivity contribution in [2.24, 2.45) is 23.7 Å². The molecule has 1 aromatic carbocycles. The van der Waals surface area contributed by atoms with Crippen molar-refractivity contribution in [3.63, 3.8) is 0 Å². The van der Waals surface area contributed by atoms with E-state index in [1.807, 2.05) is 26.8 Å². The maximum Gasteiger partial charge on any atom is 0.381 e. The molecule has 3 aromatic heterocycles. The first-order valence-corrected chi connectivity index (χ1v) is 34.6. The van der Waals surface area contributed by atoms with Gasteiger partial charge in [-0.25, -0.2) is 33.8 Å². The lowest BCUT2D eigenvalue weighted by atomic mass is 9.80. The second kappa shape index (κ2) is 59.0. The number of carboxylic acids is 9. The lowest BCUT2D eigenvalue weighted by Gasteiger charge is -2.25. The molecule has 0 amide bonds. The number of allylic oxidation sites excluding steroid dienone is 1. The number of aromatic carboxylic acids is 4. The summed E-state index contributed by atoms with van der Waals surface area (Å²) < 4.78 is 4.99. The van der Waals surface area contributed by atoms with E-state index in [4.69, 9.17) is 50.4 Å². The summed E-state index contributed by atoms with van der Waals surface area (Å²) in [4.78, 5) is 97.5. The molecule has 6 rings (SSSR count). The molecule has 2 atom stereocenters. The fourth-order valence-corrected chi connectivity index (χ4v) is 10.8. The third kappa shape index (κ3) is 53.7. The van der Waals surface area contributed by atoms with E-state index in [2.05, 4.69) is 58.4 Å². The standard InChI is InChI=1S/C10H18O2.C8H10O3.C8H10O2S.C8H8O2.C8H16O2.C8H14O2.C8H12O2.C7H7NO2.C7H12O2S/c1-2-3-8-4-6-9(7-5-8)10(11)12;2*1-2-3-6-4-5-7(11-6)8(9)10;1-6-2-4-7(5-3-6)8(9)10;3*1-2-3-4-5-6-7-8(9)10;1-5-2-3-8-6(4-5)7(9)10;1-5-2-6(7(8)9)4-10-3-5/h8-9H,2-7H2,1H3,(H,11,12);2*4-5H,2-3H2,1H3,(H,9,10);2-5H,1H3,(H,9,10);2-7H2,1H3,(H,9,10);6-7H,2-5H2,1H3,(H,9,10);2-5H2,1H3,(H,9,10);2-4H,1H3,(H,9,10);5-6H,2-4H2,1H3,(H,8,9)/b;;;;;7-6+;;;. The summed E-state index contributed by atoms with van der Waals surface area (Å²) in [5.74, 6) is 1.14. The fraction of sp³-hybridized carbons (Fsp3) is 0.556. The van der Waals surface area contributed by atoms with E-state index in [0.29, 0.717) is 29.2 Å². The molecule has 526 valence electrons. The topological polar surface area (TPSA) is 362 Å². The van der Waals surface area contributed by atoms with E-state index in [-0.39, 0.29) is 23.3 Å². The van der Waals surface area contributed by atoms with Crippen LogP contribution in [0.15, 0.2) is 83.4 Å². The highest BCUT2D eigenvalue weighted by atomic mass is 32.2. The average Bonchev–Trinajstić information content (AvgIpc) is 1.73. The van der Waals surface area contributed by atoms with Crippen molar-refractivity contribution >= 4 is 76.8 Å². The number of furan rings is 1. The van der Waals surface area contributed by atoms with Gasteiger partial charge >= 0.3 is 53.7 Å². The number of pyridine rings is 1. The van der Waals surface area contributed by atoms with Crippen molar-refractivity contribution in [2.45, 2.75) is 223 Å². The molecule has 9 N–H and O–H groups in total. The van der Waals surface area contributed by atoms with Crippen molar-refractivity contribution in [1.29, 1.82) is 0 Å². The van der Waals surface area contributed by atoms with E-state index < -0.39 is 53.7 Å². The van der Waals surface area contributed by atoms with Crippen LogP contribution in [0, 0.1) is 49.4 Å². The first-order valence-electron chi connectivity index (χ1n) is 32.6. The van der Waals surface area contributed by atoms with E-state index in [9.17, 15) is 43.2 Å². The van der Waals surface area contributed by atoms with Gasteiger partial charge in [0.25, 0.3) is 0 Å². The fourth-order valence-electron chi connectivity index (χ4n) is 8.59. The first kappa shape index (κ1) is 90.4. The van der Waals surface area contributed by atoms with Crippen molar-refractivity contribution in [3.8, 4) is 11.8 Å². The van der Waals surface area contributed by atoms with Crippen molar-refractivity contribution in [1.82, 2.24) is 4.98 Å². The summed E-state index contributed by atoms with van der Waals surface area (Å²) in [6.45, 7) is 18.5. The number of rotatable bonds is 26. The molecular weight excluding hydrogens is 1250 g/mol. The predicted octanol–water partition coefficient (Wildman–Crippen LogP) is 17.5. The molecule has 1 saturated heterocycles. The average molecular weight is 1350 g/mol. The molecule has 22 heteroatoms. The van der Waals surface area contributed by atoms with E-state index in [1.165, 1.54) is 80.7 Å². The number of nitrogens with zero attached hydrogens (tertiary/aromatic N) is 1. The largest absolute Gasteiger partial charge is 0.481 e. The van der Waals surface area contributed by atoms with Crippen LogP contribution in [-0.2, 0) is 36.8 Å². The maximum absolute atomic E-state index is 10.6. The van der Waals surface area contributed by atoms with Crippen LogP contribution in [0.1, 0.15) is 259 Å². The quantitative estimate of drug-likeness (QED) is 0.0160. The highest BCUT2D eigenvalue weighted by molar-refractivity contribution is 7.99. The van der Waals surface area contributed by atoms with Gasteiger partial charge in [0.2, 0.25) is 5.76 Å². The Morgan fingerprint density at radius 2 is 1.18 bits per heavy atom. The maximum atomic E-state index is 10.6. The van der Waals surface area contributed by atoms with Gasteiger partial charge in [0.05, 0.1) is 17.4 Å². The molecule has 94 heavy (non-hydrogen) atoms.